The Labute approximate surface area is 283 Å². The highest BCUT2D eigenvalue weighted by Crippen LogP contribution is 2.42. The van der Waals surface area contributed by atoms with Gasteiger partial charge in [0.15, 0.2) is 5.82 Å². The molecular formula is C43H31ClN4. The lowest BCUT2D eigenvalue weighted by Crippen LogP contribution is -2.02. The minimum atomic E-state index is 0.669. The summed E-state index contributed by atoms with van der Waals surface area (Å²) >= 11 is 6.01. The van der Waals surface area contributed by atoms with E-state index in [4.69, 9.17) is 21.6 Å². The third kappa shape index (κ3) is 4.68. The molecule has 0 aliphatic heterocycles. The molecule has 0 N–H and O–H groups in total. The summed E-state index contributed by atoms with van der Waals surface area (Å²) in [6.45, 7) is 0. The first-order valence-corrected chi connectivity index (χ1v) is 16.9. The van der Waals surface area contributed by atoms with E-state index < -0.39 is 0 Å². The second-order valence-electron chi connectivity index (χ2n) is 12.2. The van der Waals surface area contributed by atoms with Crippen LogP contribution in [0.5, 0.6) is 0 Å². The highest BCUT2D eigenvalue weighted by atomic mass is 35.5. The zero-order valence-electron chi connectivity index (χ0n) is 26.2. The Bertz CT molecular complexity index is 2530. The molecule has 48 heavy (non-hydrogen) atoms. The van der Waals surface area contributed by atoms with Crippen molar-refractivity contribution in [2.24, 2.45) is 0 Å². The number of fused-ring (bicyclic) bond motifs is 7. The van der Waals surface area contributed by atoms with Crippen molar-refractivity contribution in [1.29, 1.82) is 0 Å². The lowest BCUT2D eigenvalue weighted by molar-refractivity contribution is 0.928. The van der Waals surface area contributed by atoms with Crippen molar-refractivity contribution < 1.29 is 0 Å². The first-order valence-electron chi connectivity index (χ1n) is 16.4. The average Bonchev–Trinajstić information content (AvgIpc) is 3.68. The van der Waals surface area contributed by atoms with Gasteiger partial charge in [0, 0.05) is 50.3 Å². The lowest BCUT2D eigenvalue weighted by atomic mass is 10.1. The van der Waals surface area contributed by atoms with Gasteiger partial charge in [-0.3, -0.25) is 4.57 Å². The highest BCUT2D eigenvalue weighted by molar-refractivity contribution is 6.26. The van der Waals surface area contributed by atoms with Crippen molar-refractivity contribution in [1.82, 2.24) is 19.1 Å². The van der Waals surface area contributed by atoms with E-state index in [0.717, 1.165) is 52.2 Å². The van der Waals surface area contributed by atoms with Crippen LogP contribution in [-0.4, -0.2) is 25.0 Å². The van der Waals surface area contributed by atoms with Gasteiger partial charge in [-0.2, -0.15) is 0 Å². The molecule has 9 rings (SSSR count). The van der Waals surface area contributed by atoms with E-state index in [9.17, 15) is 0 Å². The average molecular weight is 639 g/mol. The predicted molar refractivity (Wildman–Crippen MR) is 201 cm³/mol. The number of halogens is 1. The summed E-state index contributed by atoms with van der Waals surface area (Å²) in [5, 5.41) is 4.84. The molecule has 0 amide bonds. The molecule has 230 valence electrons. The third-order valence-corrected chi connectivity index (χ3v) is 9.57. The molecule has 5 heteroatoms. The topological polar surface area (TPSA) is 35.6 Å². The summed E-state index contributed by atoms with van der Waals surface area (Å²) < 4.78 is 4.74. The summed E-state index contributed by atoms with van der Waals surface area (Å²) in [4.78, 5) is 10.3. The van der Waals surface area contributed by atoms with Gasteiger partial charge in [-0.1, -0.05) is 115 Å². The first-order chi connectivity index (χ1) is 23.8. The van der Waals surface area contributed by atoms with E-state index >= 15 is 0 Å². The molecule has 0 saturated carbocycles. The Morgan fingerprint density at radius 2 is 1.17 bits per heavy atom. The lowest BCUT2D eigenvalue weighted by Gasteiger charge is -2.12. The maximum atomic E-state index is 6.01. The summed E-state index contributed by atoms with van der Waals surface area (Å²) in [7, 11) is 0. The molecule has 3 aromatic heterocycles. The molecule has 0 saturated heterocycles. The Hall–Kier alpha value is -5.71. The monoisotopic (exact) mass is 638 g/mol. The van der Waals surface area contributed by atoms with Gasteiger partial charge >= 0.3 is 0 Å². The van der Waals surface area contributed by atoms with Crippen molar-refractivity contribution in [3.63, 3.8) is 0 Å². The molecule has 4 nitrogen and oxygen atoms in total. The van der Waals surface area contributed by atoms with Crippen LogP contribution in [0.3, 0.4) is 0 Å². The van der Waals surface area contributed by atoms with E-state index in [1.165, 1.54) is 38.1 Å². The van der Waals surface area contributed by atoms with E-state index in [0.29, 0.717) is 11.7 Å². The van der Waals surface area contributed by atoms with Crippen molar-refractivity contribution in [3.8, 4) is 34.2 Å². The van der Waals surface area contributed by atoms with Crippen LogP contribution in [0.2, 0.25) is 0 Å². The van der Waals surface area contributed by atoms with Crippen LogP contribution in [-0.2, 0) is 6.42 Å². The molecule has 0 fully saturated rings. The number of hydrogen-bond acceptors (Lipinski definition) is 2. The van der Waals surface area contributed by atoms with E-state index in [2.05, 4.69) is 137 Å². The summed E-state index contributed by atoms with van der Waals surface area (Å²) in [6.07, 6.45) is 1.95. The molecule has 6 aromatic carbocycles. The van der Waals surface area contributed by atoms with Gasteiger partial charge in [0.1, 0.15) is 5.82 Å². The Kier molecular flexibility index (Phi) is 7.02. The van der Waals surface area contributed by atoms with Crippen molar-refractivity contribution in [3.05, 3.63) is 157 Å². The third-order valence-electron chi connectivity index (χ3n) is 9.31. The van der Waals surface area contributed by atoms with Gasteiger partial charge in [0.25, 0.3) is 0 Å². The summed E-state index contributed by atoms with van der Waals surface area (Å²) in [5.41, 5.74) is 9.94. The minimum Gasteiger partial charge on any atom is -0.309 e. The molecule has 0 atom stereocenters. The van der Waals surface area contributed by atoms with Crippen molar-refractivity contribution >= 4 is 55.2 Å². The molecule has 0 spiro atoms. The van der Waals surface area contributed by atoms with Gasteiger partial charge in [-0.05, 0) is 48.7 Å². The second kappa shape index (κ2) is 11.8. The SMILES string of the molecule is ClCCCc1ccc(-n2c3ccccc3c3ccc4c(c5ccccc5n4-c4cc(-c5ccccc5)nc(-c5ccccc5)n4)c32)cc1. The maximum absolute atomic E-state index is 6.01. The number of aromatic nitrogens is 4. The van der Waals surface area contributed by atoms with Gasteiger partial charge in [0.05, 0.1) is 27.8 Å². The van der Waals surface area contributed by atoms with Crippen molar-refractivity contribution in [2.75, 3.05) is 5.88 Å². The number of aryl methyl sites for hydroxylation is 1. The van der Waals surface area contributed by atoms with Crippen LogP contribution in [0.1, 0.15) is 12.0 Å². The number of benzene rings is 6. The van der Waals surface area contributed by atoms with E-state index in [1.807, 2.05) is 24.3 Å². The fourth-order valence-corrected chi connectivity index (χ4v) is 7.26. The van der Waals surface area contributed by atoms with Crippen LogP contribution in [0.25, 0.3) is 77.8 Å². The predicted octanol–water partition coefficient (Wildman–Crippen LogP) is 11.2. The summed E-state index contributed by atoms with van der Waals surface area (Å²) in [6, 6.07) is 53.6. The Balaban J connectivity index is 1.37. The van der Waals surface area contributed by atoms with Gasteiger partial charge < -0.3 is 4.57 Å². The molecular weight excluding hydrogens is 608 g/mol. The Morgan fingerprint density at radius 3 is 1.90 bits per heavy atom. The Morgan fingerprint density at radius 1 is 0.521 bits per heavy atom. The van der Waals surface area contributed by atoms with Gasteiger partial charge in [-0.25, -0.2) is 9.97 Å². The van der Waals surface area contributed by atoms with Crippen LogP contribution < -0.4 is 0 Å². The quantitative estimate of drug-likeness (QED) is 0.163. The van der Waals surface area contributed by atoms with Gasteiger partial charge in [-0.15, -0.1) is 11.6 Å². The normalized spacial score (nSPS) is 11.7. The first kappa shape index (κ1) is 28.5. The molecule has 0 aliphatic rings. The number of rotatable bonds is 7. The zero-order valence-corrected chi connectivity index (χ0v) is 27.0. The number of para-hydroxylation sites is 2. The van der Waals surface area contributed by atoms with E-state index in [1.54, 1.807) is 0 Å². The molecule has 3 heterocycles. The standard InChI is InChI=1S/C43H31ClN4/c44-27-11-12-29-21-23-32(24-22-29)47-37-19-9-7-17-33(37)34-25-26-39-41(42(34)47)35-18-8-10-20-38(35)48(39)40-28-36(30-13-3-1-4-14-30)45-43(46-40)31-15-5-2-6-16-31/h1-10,13-26,28H,11-12,27H2. The van der Waals surface area contributed by atoms with Crippen LogP contribution in [0, 0.1) is 0 Å². The van der Waals surface area contributed by atoms with Crippen molar-refractivity contribution in [2.45, 2.75) is 12.8 Å². The largest absolute Gasteiger partial charge is 0.309 e. The maximum Gasteiger partial charge on any atom is 0.162 e. The molecule has 0 bridgehead atoms. The summed E-state index contributed by atoms with van der Waals surface area (Å²) in [5.74, 6) is 2.20. The highest BCUT2D eigenvalue weighted by Gasteiger charge is 2.22. The fourth-order valence-electron chi connectivity index (χ4n) is 7.13. The number of hydrogen-bond donors (Lipinski definition) is 0. The minimum absolute atomic E-state index is 0.669. The molecule has 0 radical (unpaired) electrons. The fraction of sp³-hybridized carbons (Fsp3) is 0.0698. The smallest absolute Gasteiger partial charge is 0.162 e. The molecule has 9 aromatic rings. The zero-order chi connectivity index (χ0) is 32.0. The van der Waals surface area contributed by atoms with Gasteiger partial charge in [0.2, 0.25) is 0 Å². The molecule has 0 unspecified atom stereocenters. The second-order valence-corrected chi connectivity index (χ2v) is 12.6. The van der Waals surface area contributed by atoms with E-state index in [-0.39, 0.29) is 0 Å². The van der Waals surface area contributed by atoms with Crippen LogP contribution in [0.15, 0.2) is 152 Å². The number of nitrogens with zero attached hydrogens (tertiary/aromatic N) is 4. The van der Waals surface area contributed by atoms with Crippen LogP contribution >= 0.6 is 11.6 Å². The molecule has 0 aliphatic carbocycles. The van der Waals surface area contributed by atoms with Crippen LogP contribution in [0.4, 0.5) is 0 Å². The number of alkyl halides is 1.